The Kier molecular flexibility index (Phi) is 5.51. The van der Waals surface area contributed by atoms with Crippen LogP contribution >= 0.6 is 27.5 Å². The van der Waals surface area contributed by atoms with Gasteiger partial charge in [-0.25, -0.2) is 0 Å². The summed E-state index contributed by atoms with van der Waals surface area (Å²) in [6.45, 7) is 6.73. The van der Waals surface area contributed by atoms with E-state index in [0.29, 0.717) is 5.92 Å². The van der Waals surface area contributed by atoms with Gasteiger partial charge in [-0.1, -0.05) is 90.8 Å². The molecule has 0 heterocycles. The molecule has 0 aliphatic rings. The van der Waals surface area contributed by atoms with Crippen molar-refractivity contribution in [3.63, 3.8) is 0 Å². The number of alkyl halides is 1. The highest BCUT2D eigenvalue weighted by molar-refractivity contribution is 9.09. The second-order valence-electron chi connectivity index (χ2n) is 6.52. The van der Waals surface area contributed by atoms with E-state index in [4.69, 9.17) is 11.6 Å². The molecule has 0 aliphatic carbocycles. The Morgan fingerprint density at radius 2 is 1.62 bits per heavy atom. The Hall–Kier alpha value is -0.790. The van der Waals surface area contributed by atoms with Crippen LogP contribution in [0.4, 0.5) is 0 Å². The van der Waals surface area contributed by atoms with Crippen molar-refractivity contribution in [1.82, 2.24) is 0 Å². The van der Waals surface area contributed by atoms with E-state index >= 15 is 0 Å². The van der Waals surface area contributed by atoms with Gasteiger partial charge in [0, 0.05) is 10.4 Å². The van der Waals surface area contributed by atoms with Crippen LogP contribution in [0.3, 0.4) is 0 Å². The predicted octanol–water partition coefficient (Wildman–Crippen LogP) is 6.36. The highest BCUT2D eigenvalue weighted by Gasteiger charge is 2.16. The molecular weight excluding hydrogens is 344 g/mol. The summed E-state index contributed by atoms with van der Waals surface area (Å²) in [7, 11) is 0. The fourth-order valence-corrected chi connectivity index (χ4v) is 3.35. The van der Waals surface area contributed by atoms with Crippen molar-refractivity contribution in [1.29, 1.82) is 0 Å². The minimum absolute atomic E-state index is 0.204. The third kappa shape index (κ3) is 4.34. The smallest absolute Gasteiger partial charge is 0.0441 e. The molecule has 0 saturated heterocycles. The van der Waals surface area contributed by atoms with Gasteiger partial charge in [0.25, 0.3) is 0 Å². The molecule has 1 unspecified atom stereocenters. The normalized spacial score (nSPS) is 13.2. The van der Waals surface area contributed by atoms with Crippen LogP contribution in [0.2, 0.25) is 5.02 Å². The van der Waals surface area contributed by atoms with Gasteiger partial charge in [0.1, 0.15) is 0 Å². The number of benzene rings is 2. The van der Waals surface area contributed by atoms with Gasteiger partial charge in [0.15, 0.2) is 0 Å². The predicted molar refractivity (Wildman–Crippen MR) is 96.8 cm³/mol. The zero-order valence-electron chi connectivity index (χ0n) is 12.9. The molecular formula is C19H22BrCl. The molecule has 112 valence electrons. The van der Waals surface area contributed by atoms with Crippen LogP contribution in [-0.4, -0.2) is 5.33 Å². The summed E-state index contributed by atoms with van der Waals surface area (Å²) in [6.07, 6.45) is 0.999. The molecule has 0 saturated carbocycles. The topological polar surface area (TPSA) is 0 Å². The molecule has 2 heteroatoms. The van der Waals surface area contributed by atoms with Gasteiger partial charge in [-0.3, -0.25) is 0 Å². The average molecular weight is 366 g/mol. The Balaban J connectivity index is 2.18. The van der Waals surface area contributed by atoms with Gasteiger partial charge >= 0.3 is 0 Å². The van der Waals surface area contributed by atoms with Crippen molar-refractivity contribution in [2.24, 2.45) is 0 Å². The number of rotatable bonds is 4. The molecule has 0 aromatic heterocycles. The van der Waals surface area contributed by atoms with Gasteiger partial charge in [-0.2, -0.15) is 0 Å². The van der Waals surface area contributed by atoms with Crippen LogP contribution in [0.1, 0.15) is 43.4 Å². The Morgan fingerprint density at radius 1 is 1.00 bits per heavy atom. The van der Waals surface area contributed by atoms with Gasteiger partial charge in [-0.05, 0) is 40.5 Å². The van der Waals surface area contributed by atoms with Crippen LogP contribution in [0.15, 0.2) is 48.5 Å². The van der Waals surface area contributed by atoms with Crippen molar-refractivity contribution in [2.75, 3.05) is 5.33 Å². The van der Waals surface area contributed by atoms with E-state index in [-0.39, 0.29) is 5.41 Å². The van der Waals surface area contributed by atoms with Crippen LogP contribution in [0, 0.1) is 0 Å². The highest BCUT2D eigenvalue weighted by Crippen LogP contribution is 2.30. The lowest BCUT2D eigenvalue weighted by Gasteiger charge is -2.20. The maximum absolute atomic E-state index is 6.33. The van der Waals surface area contributed by atoms with Gasteiger partial charge in [-0.15, -0.1) is 0 Å². The summed E-state index contributed by atoms with van der Waals surface area (Å²) >= 11 is 9.96. The van der Waals surface area contributed by atoms with Crippen molar-refractivity contribution >= 4 is 27.5 Å². The first-order valence-corrected chi connectivity index (χ1v) is 8.81. The lowest BCUT2D eigenvalue weighted by molar-refractivity contribution is 0.590. The summed E-state index contributed by atoms with van der Waals surface area (Å²) in [5.41, 5.74) is 4.15. The SMILES string of the molecule is CC(C)(C)c1ccc(CC(CBr)c2ccccc2Cl)cc1. The van der Waals surface area contributed by atoms with Crippen molar-refractivity contribution < 1.29 is 0 Å². The van der Waals surface area contributed by atoms with Crippen LogP contribution in [0.25, 0.3) is 0 Å². The molecule has 0 nitrogen and oxygen atoms in total. The van der Waals surface area contributed by atoms with Crippen molar-refractivity contribution in [3.8, 4) is 0 Å². The minimum atomic E-state index is 0.204. The molecule has 0 amide bonds. The van der Waals surface area contributed by atoms with E-state index in [1.807, 2.05) is 12.1 Å². The van der Waals surface area contributed by atoms with E-state index in [1.54, 1.807) is 0 Å². The van der Waals surface area contributed by atoms with E-state index in [0.717, 1.165) is 16.8 Å². The molecule has 0 radical (unpaired) electrons. The molecule has 2 rings (SSSR count). The minimum Gasteiger partial charge on any atom is -0.0921 e. The maximum Gasteiger partial charge on any atom is 0.0441 e. The number of halogens is 2. The Morgan fingerprint density at radius 3 is 2.14 bits per heavy atom. The molecule has 2 aromatic carbocycles. The van der Waals surface area contributed by atoms with Crippen LogP contribution in [0.5, 0.6) is 0 Å². The molecule has 0 fully saturated rings. The lowest BCUT2D eigenvalue weighted by Crippen LogP contribution is -2.11. The monoisotopic (exact) mass is 364 g/mol. The van der Waals surface area contributed by atoms with Gasteiger partial charge in [0.2, 0.25) is 0 Å². The first kappa shape index (κ1) is 16.6. The number of hydrogen-bond acceptors (Lipinski definition) is 0. The van der Waals surface area contributed by atoms with Gasteiger partial charge < -0.3 is 0 Å². The van der Waals surface area contributed by atoms with E-state index in [2.05, 4.69) is 73.1 Å². The third-order valence-electron chi connectivity index (χ3n) is 3.83. The zero-order chi connectivity index (χ0) is 15.5. The molecule has 2 aromatic rings. The molecule has 0 spiro atoms. The lowest BCUT2D eigenvalue weighted by atomic mass is 9.85. The zero-order valence-corrected chi connectivity index (χ0v) is 15.2. The summed E-state index contributed by atoms with van der Waals surface area (Å²) in [6, 6.07) is 17.1. The summed E-state index contributed by atoms with van der Waals surface area (Å²) in [5, 5.41) is 1.77. The molecule has 0 N–H and O–H groups in total. The maximum atomic E-state index is 6.33. The van der Waals surface area contributed by atoms with E-state index in [1.165, 1.54) is 16.7 Å². The first-order chi connectivity index (χ1) is 9.91. The molecule has 0 bridgehead atoms. The quantitative estimate of drug-likeness (QED) is 0.553. The number of hydrogen-bond donors (Lipinski definition) is 0. The standard InChI is InChI=1S/C19H22BrCl/c1-19(2,3)16-10-8-14(9-11-16)12-15(13-20)17-6-4-5-7-18(17)21/h4-11,15H,12-13H2,1-3H3. The average Bonchev–Trinajstić information content (AvgIpc) is 2.45. The largest absolute Gasteiger partial charge is 0.0921 e. The summed E-state index contributed by atoms with van der Waals surface area (Å²) in [5.74, 6) is 0.402. The first-order valence-electron chi connectivity index (χ1n) is 7.31. The second-order valence-corrected chi connectivity index (χ2v) is 7.58. The molecule has 21 heavy (non-hydrogen) atoms. The van der Waals surface area contributed by atoms with Crippen LogP contribution in [-0.2, 0) is 11.8 Å². The van der Waals surface area contributed by atoms with E-state index < -0.39 is 0 Å². The van der Waals surface area contributed by atoms with Gasteiger partial charge in [0.05, 0.1) is 0 Å². The third-order valence-corrected chi connectivity index (χ3v) is 4.96. The van der Waals surface area contributed by atoms with Crippen LogP contribution < -0.4 is 0 Å². The Bertz CT molecular complexity index is 581. The highest BCUT2D eigenvalue weighted by atomic mass is 79.9. The van der Waals surface area contributed by atoms with E-state index in [9.17, 15) is 0 Å². The Labute approximate surface area is 141 Å². The van der Waals surface area contributed by atoms with Crippen molar-refractivity contribution in [3.05, 3.63) is 70.2 Å². The molecule has 1 atom stereocenters. The fraction of sp³-hybridized carbons (Fsp3) is 0.368. The fourth-order valence-electron chi connectivity index (χ4n) is 2.48. The second kappa shape index (κ2) is 6.98. The summed E-state index contributed by atoms with van der Waals surface area (Å²) in [4.78, 5) is 0. The van der Waals surface area contributed by atoms with Crippen molar-refractivity contribution in [2.45, 2.75) is 38.5 Å². The summed E-state index contributed by atoms with van der Waals surface area (Å²) < 4.78 is 0. The molecule has 0 aliphatic heterocycles.